The molecule has 8 heteroatoms. The number of nitrogen functional groups attached to an aromatic ring is 1. The summed E-state index contributed by atoms with van der Waals surface area (Å²) >= 11 is 5.90. The van der Waals surface area contributed by atoms with Crippen molar-refractivity contribution in [2.24, 2.45) is 0 Å². The lowest BCUT2D eigenvalue weighted by Crippen LogP contribution is -2.35. The number of hydrogen-bond acceptors (Lipinski definition) is 6. The van der Waals surface area contributed by atoms with E-state index in [1.165, 1.54) is 0 Å². The second-order valence-electron chi connectivity index (χ2n) is 6.09. The first kappa shape index (κ1) is 15.8. The Balaban J connectivity index is 1.54. The van der Waals surface area contributed by atoms with Crippen LogP contribution in [0.5, 0.6) is 0 Å². The number of nitrogens with two attached hydrogens (primary N) is 1. The van der Waals surface area contributed by atoms with Crippen molar-refractivity contribution < 1.29 is 0 Å². The van der Waals surface area contributed by atoms with E-state index in [9.17, 15) is 0 Å². The van der Waals surface area contributed by atoms with Gasteiger partial charge >= 0.3 is 0 Å². The Morgan fingerprint density at radius 2 is 1.96 bits per heavy atom. The third-order valence-electron chi connectivity index (χ3n) is 4.49. The van der Waals surface area contributed by atoms with E-state index in [0.29, 0.717) is 17.0 Å². The SMILES string of the molecule is Nc1cn(C2CCN(c3ncccc3-c3ccc(Cl)nc3)CC2)nn1. The lowest BCUT2D eigenvalue weighted by Gasteiger charge is -2.33. The van der Waals surface area contributed by atoms with Crippen molar-refractivity contribution in [2.75, 3.05) is 23.7 Å². The number of piperidine rings is 1. The van der Waals surface area contributed by atoms with Crippen LogP contribution in [0.15, 0.2) is 42.9 Å². The molecular weight excluding hydrogens is 338 g/mol. The van der Waals surface area contributed by atoms with Crippen LogP contribution in [0.1, 0.15) is 18.9 Å². The maximum atomic E-state index is 5.90. The van der Waals surface area contributed by atoms with Crippen molar-refractivity contribution in [1.82, 2.24) is 25.0 Å². The molecule has 1 saturated heterocycles. The molecule has 1 aliphatic rings. The van der Waals surface area contributed by atoms with Crippen molar-refractivity contribution in [1.29, 1.82) is 0 Å². The van der Waals surface area contributed by atoms with E-state index in [4.69, 9.17) is 17.3 Å². The molecule has 0 atom stereocenters. The molecule has 0 radical (unpaired) electrons. The first-order valence-electron chi connectivity index (χ1n) is 8.20. The van der Waals surface area contributed by atoms with Crippen molar-refractivity contribution in [2.45, 2.75) is 18.9 Å². The molecule has 128 valence electrons. The predicted octanol–water partition coefficient (Wildman–Crippen LogP) is 2.81. The number of pyridine rings is 2. The van der Waals surface area contributed by atoms with Crippen LogP contribution in [0.4, 0.5) is 11.6 Å². The maximum absolute atomic E-state index is 5.90. The molecule has 7 nitrogen and oxygen atoms in total. The number of rotatable bonds is 3. The Hall–Kier alpha value is -2.67. The summed E-state index contributed by atoms with van der Waals surface area (Å²) in [6, 6.07) is 8.11. The summed E-state index contributed by atoms with van der Waals surface area (Å²) in [4.78, 5) is 11.1. The van der Waals surface area contributed by atoms with Gasteiger partial charge in [0, 0.05) is 36.6 Å². The average Bonchev–Trinajstić information content (AvgIpc) is 3.09. The van der Waals surface area contributed by atoms with Gasteiger partial charge in [0.2, 0.25) is 0 Å². The third kappa shape index (κ3) is 3.28. The standard InChI is InChI=1S/C17H18ClN7/c18-15-4-3-12(10-21-15)14-2-1-7-20-17(14)24-8-5-13(6-9-24)25-11-16(19)22-23-25/h1-4,7,10-11,13H,5-6,8-9,19H2. The first-order valence-corrected chi connectivity index (χ1v) is 8.58. The molecule has 2 N–H and O–H groups in total. The van der Waals surface area contributed by atoms with Crippen molar-refractivity contribution in [3.8, 4) is 11.1 Å². The van der Waals surface area contributed by atoms with Gasteiger partial charge < -0.3 is 10.6 Å². The van der Waals surface area contributed by atoms with Gasteiger partial charge in [0.05, 0.1) is 12.2 Å². The number of aromatic nitrogens is 5. The van der Waals surface area contributed by atoms with Crippen LogP contribution in [-0.4, -0.2) is 38.1 Å². The fourth-order valence-corrected chi connectivity index (χ4v) is 3.33. The van der Waals surface area contributed by atoms with E-state index >= 15 is 0 Å². The molecular formula is C17H18ClN7. The van der Waals surface area contributed by atoms with Crippen LogP contribution in [0.3, 0.4) is 0 Å². The monoisotopic (exact) mass is 355 g/mol. The van der Waals surface area contributed by atoms with E-state index < -0.39 is 0 Å². The van der Waals surface area contributed by atoms with Gasteiger partial charge in [0.1, 0.15) is 11.0 Å². The van der Waals surface area contributed by atoms with Crippen LogP contribution < -0.4 is 10.6 Å². The third-order valence-corrected chi connectivity index (χ3v) is 4.71. The van der Waals surface area contributed by atoms with Gasteiger partial charge in [-0.2, -0.15) is 0 Å². The van der Waals surface area contributed by atoms with Gasteiger partial charge in [-0.05, 0) is 37.1 Å². The van der Waals surface area contributed by atoms with Crippen LogP contribution in [0.25, 0.3) is 11.1 Å². The summed E-state index contributed by atoms with van der Waals surface area (Å²) in [5.41, 5.74) is 7.75. The normalized spacial score (nSPS) is 15.5. The summed E-state index contributed by atoms with van der Waals surface area (Å²) in [5.74, 6) is 1.44. The van der Waals surface area contributed by atoms with Crippen LogP contribution >= 0.6 is 11.6 Å². The van der Waals surface area contributed by atoms with E-state index in [2.05, 4.69) is 31.2 Å². The number of anilines is 2. The molecule has 0 saturated carbocycles. The zero-order valence-corrected chi connectivity index (χ0v) is 14.3. The molecule has 4 heterocycles. The molecule has 3 aromatic heterocycles. The minimum Gasteiger partial charge on any atom is -0.381 e. The summed E-state index contributed by atoms with van der Waals surface area (Å²) in [6.07, 6.45) is 7.35. The molecule has 0 aliphatic carbocycles. The fourth-order valence-electron chi connectivity index (χ4n) is 3.22. The molecule has 1 fully saturated rings. The second-order valence-corrected chi connectivity index (χ2v) is 6.47. The molecule has 0 amide bonds. The highest BCUT2D eigenvalue weighted by Crippen LogP contribution is 2.32. The molecule has 1 aliphatic heterocycles. The van der Waals surface area contributed by atoms with E-state index in [1.54, 1.807) is 18.5 Å². The minimum atomic E-state index is 0.324. The molecule has 0 bridgehead atoms. The minimum absolute atomic E-state index is 0.324. The first-order chi connectivity index (χ1) is 12.2. The van der Waals surface area contributed by atoms with Crippen molar-refractivity contribution in [3.63, 3.8) is 0 Å². The van der Waals surface area contributed by atoms with Gasteiger partial charge in [0.25, 0.3) is 0 Å². The quantitative estimate of drug-likeness (QED) is 0.727. The Bertz CT molecular complexity index is 853. The van der Waals surface area contributed by atoms with Crippen LogP contribution in [0.2, 0.25) is 5.15 Å². The van der Waals surface area contributed by atoms with Crippen molar-refractivity contribution >= 4 is 23.2 Å². The number of halogens is 1. The highest BCUT2D eigenvalue weighted by molar-refractivity contribution is 6.29. The number of hydrogen-bond donors (Lipinski definition) is 1. The topological polar surface area (TPSA) is 85.8 Å². The van der Waals surface area contributed by atoms with Gasteiger partial charge in [-0.3, -0.25) is 0 Å². The fraction of sp³-hybridized carbons (Fsp3) is 0.294. The zero-order valence-electron chi connectivity index (χ0n) is 13.6. The molecule has 0 aromatic carbocycles. The lowest BCUT2D eigenvalue weighted by atomic mass is 10.0. The Kier molecular flexibility index (Phi) is 4.23. The Morgan fingerprint density at radius 3 is 2.64 bits per heavy atom. The molecule has 4 rings (SSSR count). The van der Waals surface area contributed by atoms with Gasteiger partial charge in [-0.15, -0.1) is 5.10 Å². The molecule has 3 aromatic rings. The van der Waals surface area contributed by atoms with Gasteiger partial charge in [0.15, 0.2) is 5.82 Å². The van der Waals surface area contributed by atoms with E-state index in [0.717, 1.165) is 42.9 Å². The number of nitrogens with zero attached hydrogens (tertiary/aromatic N) is 6. The summed E-state index contributed by atoms with van der Waals surface area (Å²) < 4.78 is 1.87. The summed E-state index contributed by atoms with van der Waals surface area (Å²) in [7, 11) is 0. The largest absolute Gasteiger partial charge is 0.381 e. The summed E-state index contributed by atoms with van der Waals surface area (Å²) in [5, 5.41) is 8.46. The molecule has 0 unspecified atom stereocenters. The predicted molar refractivity (Wildman–Crippen MR) is 97.4 cm³/mol. The highest BCUT2D eigenvalue weighted by atomic mass is 35.5. The van der Waals surface area contributed by atoms with Gasteiger partial charge in [-0.1, -0.05) is 16.8 Å². The maximum Gasteiger partial charge on any atom is 0.165 e. The van der Waals surface area contributed by atoms with Crippen LogP contribution in [0, 0.1) is 0 Å². The zero-order chi connectivity index (χ0) is 17.2. The molecule has 0 spiro atoms. The summed E-state index contributed by atoms with van der Waals surface area (Å²) in [6.45, 7) is 1.80. The highest BCUT2D eigenvalue weighted by Gasteiger charge is 2.24. The Morgan fingerprint density at radius 1 is 1.12 bits per heavy atom. The Labute approximate surface area is 150 Å². The van der Waals surface area contributed by atoms with Gasteiger partial charge in [-0.25, -0.2) is 14.6 Å². The van der Waals surface area contributed by atoms with E-state index in [1.807, 2.05) is 23.0 Å². The van der Waals surface area contributed by atoms with E-state index in [-0.39, 0.29) is 0 Å². The second kappa shape index (κ2) is 6.68. The smallest absolute Gasteiger partial charge is 0.165 e. The molecule has 25 heavy (non-hydrogen) atoms. The lowest BCUT2D eigenvalue weighted by molar-refractivity contribution is 0.359. The average molecular weight is 356 g/mol. The van der Waals surface area contributed by atoms with Crippen LogP contribution in [-0.2, 0) is 0 Å². The van der Waals surface area contributed by atoms with Crippen molar-refractivity contribution in [3.05, 3.63) is 48.0 Å².